The van der Waals surface area contributed by atoms with E-state index in [1.807, 2.05) is 25.1 Å². The van der Waals surface area contributed by atoms with Gasteiger partial charge in [0.2, 0.25) is 24.2 Å². The maximum Gasteiger partial charge on any atom is 0.343 e. The monoisotopic (exact) mass is 1920 g/mol. The molecule has 29 nitrogen and oxygen atoms in total. The quantitative estimate of drug-likeness (QED) is 0.00787. The lowest BCUT2D eigenvalue weighted by molar-refractivity contribution is -0.127. The molecule has 129 heavy (non-hydrogen) atoms. The van der Waals surface area contributed by atoms with Gasteiger partial charge in [0.15, 0.2) is 23.1 Å². The van der Waals surface area contributed by atoms with Crippen LogP contribution in [0.15, 0.2) is 253 Å². The number of nitrogen functional groups attached to an aromatic ring is 1. The van der Waals surface area contributed by atoms with E-state index in [0.29, 0.717) is 55.2 Å². The Hall–Kier alpha value is -13.3. The number of amides is 6. The first-order valence-electron chi connectivity index (χ1n) is 38.1. The van der Waals surface area contributed by atoms with E-state index in [0.717, 1.165) is 44.0 Å². The first kappa shape index (κ1) is 99.4. The highest BCUT2D eigenvalue weighted by molar-refractivity contribution is 6.37. The number of carbonyl (C=O) groups is 12. The lowest BCUT2D eigenvalue weighted by atomic mass is 10.1. The van der Waals surface area contributed by atoms with E-state index in [-0.39, 0.29) is 97.9 Å². The van der Waals surface area contributed by atoms with Crippen LogP contribution < -0.4 is 47.1 Å². The first-order valence-corrected chi connectivity index (χ1v) is 41.5. The number of para-hydroxylation sites is 2. The average molecular weight is 1920 g/mol. The number of hydrogen-bond acceptors (Lipinski definition) is 23. The molecule has 0 spiro atoms. The number of Topliss-reactive ketones (excluding diaryl/α,β-unsaturated/α-hetero) is 4. The van der Waals surface area contributed by atoms with E-state index in [4.69, 9.17) is 120 Å². The fraction of sp³-hybridized carbons (Fsp3) is 0.143. The largest absolute Gasteiger partial charge is 0.423 e. The van der Waals surface area contributed by atoms with Gasteiger partial charge >= 0.3 is 11.9 Å². The topological polar surface area (TPSA) is 420 Å². The van der Waals surface area contributed by atoms with Crippen LogP contribution in [0.2, 0.25) is 45.2 Å². The van der Waals surface area contributed by atoms with Gasteiger partial charge < -0.3 is 47.1 Å². The van der Waals surface area contributed by atoms with E-state index in [1.165, 1.54) is 97.1 Å². The number of nitrogens with two attached hydrogens (primary N) is 1. The number of carbonyl (C=O) groups excluding carboxylic acids is 12. The van der Waals surface area contributed by atoms with Gasteiger partial charge in [0, 0.05) is 54.6 Å². The number of esters is 2. The number of ketones is 4. The highest BCUT2D eigenvalue weighted by atomic mass is 35.5. The van der Waals surface area contributed by atoms with E-state index in [9.17, 15) is 57.5 Å². The van der Waals surface area contributed by atoms with Crippen LogP contribution in [0.4, 0.5) is 62.6 Å². The van der Waals surface area contributed by atoms with Gasteiger partial charge in [-0.1, -0.05) is 159 Å². The number of nitrogens with zero attached hydrogens (tertiary/aromatic N) is 8. The van der Waals surface area contributed by atoms with Gasteiger partial charge in [-0.05, 0) is 248 Å². The molecular formula is C91H74Cl9N15O14. The molecule has 0 radical (unpaired) electrons. The molecule has 11 rings (SSSR count). The minimum atomic E-state index is -1.65. The maximum absolute atomic E-state index is 13.4. The van der Waals surface area contributed by atoms with Crippen molar-refractivity contribution in [2.24, 2.45) is 40.9 Å². The van der Waals surface area contributed by atoms with Crippen molar-refractivity contribution in [3.8, 4) is 11.5 Å². The lowest BCUT2D eigenvalue weighted by Gasteiger charge is -2.16. The zero-order valence-electron chi connectivity index (χ0n) is 69.3. The fourth-order valence-electron chi connectivity index (χ4n) is 11.1. The van der Waals surface area contributed by atoms with Crippen LogP contribution in [0.25, 0.3) is 0 Å². The Kier molecular flexibility index (Phi) is 35.8. The molecule has 660 valence electrons. The summed E-state index contributed by atoms with van der Waals surface area (Å²) in [6.07, 6.45) is 0. The van der Waals surface area contributed by atoms with Crippen molar-refractivity contribution in [1.82, 2.24) is 0 Å². The summed E-state index contributed by atoms with van der Waals surface area (Å²) < 4.78 is 10.7. The molecule has 0 aliphatic rings. The van der Waals surface area contributed by atoms with Crippen molar-refractivity contribution < 1.29 is 67.0 Å². The first-order chi connectivity index (χ1) is 61.2. The predicted molar refractivity (Wildman–Crippen MR) is 500 cm³/mol. The van der Waals surface area contributed by atoms with Gasteiger partial charge in [-0.25, -0.2) is 9.59 Å². The van der Waals surface area contributed by atoms with Gasteiger partial charge in [-0.3, -0.25) is 47.9 Å². The summed E-state index contributed by atoms with van der Waals surface area (Å²) in [5.74, 6) is -7.89. The van der Waals surface area contributed by atoms with Crippen LogP contribution >= 0.6 is 104 Å². The minimum absolute atomic E-state index is 0.000697. The highest BCUT2D eigenvalue weighted by Crippen LogP contribution is 2.37. The molecule has 0 fully saturated rings. The van der Waals surface area contributed by atoms with Crippen LogP contribution in [0, 0.1) is 34.6 Å². The lowest BCUT2D eigenvalue weighted by Crippen LogP contribution is -2.32. The van der Waals surface area contributed by atoms with Gasteiger partial charge in [0.05, 0.1) is 52.6 Å². The van der Waals surface area contributed by atoms with Crippen molar-refractivity contribution >= 4 is 237 Å². The molecule has 0 aromatic heterocycles. The predicted octanol–water partition coefficient (Wildman–Crippen LogP) is 23.7. The second-order valence-corrected chi connectivity index (χ2v) is 31.6. The third-order valence-corrected chi connectivity index (χ3v) is 21.5. The number of ether oxygens (including phenoxy) is 2. The second kappa shape index (κ2) is 46.4. The van der Waals surface area contributed by atoms with Crippen LogP contribution in [0.3, 0.4) is 0 Å². The average Bonchev–Trinajstić information content (AvgIpc) is 0.822. The standard InChI is InChI=1S/C43H35Cl5N8O6.C41H31Cl3N6O8.C7H8ClN/c1-20-16-35(52-43(62)39(24(5)58)56-54-37-18-26(13-15-30(37)47)41(60)50-33-11-7-9-28(45)22(33)3)31(48)19-34(20)51-42(61)38(23(4)57)55-53-36-17-25(12-14-29(36)46)40(59)49-32-10-6-8-27(44)21(32)2;1-22-18-33(46-39(54)37(24(3)52)50-48-35-20-26(15-17-30(35)43)41(56)58-28-12-8-5-9-13-28)31(44)21-32(22)45-38(53)36(23(2)51)49-47-34-19-25(14-16-29(34)42)40(55)57-27-10-6-4-7-11-27;1-5-6(8)3-2-4-7(5)9/h6-19,38-39H,1-5H3,(H,49,59)(H,50,60)(H,51,61)(H,52,62);4-21,36-37H,1-3H3,(H,45,53)(H,46,54);2-4H,9H2,1H3. The molecular weight excluding hydrogens is 1850 g/mol. The molecule has 6 amide bonds. The van der Waals surface area contributed by atoms with Crippen molar-refractivity contribution in [2.45, 2.75) is 86.5 Å². The molecule has 0 bridgehead atoms. The summed E-state index contributed by atoms with van der Waals surface area (Å²) in [7, 11) is 0. The Morgan fingerprint density at radius 3 is 0.853 bits per heavy atom. The summed E-state index contributed by atoms with van der Waals surface area (Å²) in [6, 6.07) is 48.1. The van der Waals surface area contributed by atoms with Crippen molar-refractivity contribution in [3.05, 3.63) is 308 Å². The normalized spacial score (nSPS) is 12.0. The Morgan fingerprint density at radius 1 is 0.279 bits per heavy atom. The zero-order chi connectivity index (χ0) is 94.2. The van der Waals surface area contributed by atoms with Gasteiger partial charge in [-0.15, -0.1) is 0 Å². The number of benzene rings is 11. The van der Waals surface area contributed by atoms with Crippen molar-refractivity contribution in [2.75, 3.05) is 37.6 Å². The molecule has 0 heterocycles. The number of aryl methyl sites for hydroxylation is 2. The van der Waals surface area contributed by atoms with Crippen LogP contribution in [0.5, 0.6) is 11.5 Å². The van der Waals surface area contributed by atoms with E-state index in [2.05, 4.69) is 72.8 Å². The maximum atomic E-state index is 13.4. The summed E-state index contributed by atoms with van der Waals surface area (Å²) in [6.45, 7) is 13.2. The van der Waals surface area contributed by atoms with Crippen molar-refractivity contribution in [1.29, 1.82) is 0 Å². The fourth-order valence-corrected chi connectivity index (χ4v) is 12.7. The molecule has 0 aliphatic carbocycles. The van der Waals surface area contributed by atoms with Crippen LogP contribution in [-0.4, -0.2) is 94.7 Å². The molecule has 8 N–H and O–H groups in total. The summed E-state index contributed by atoms with van der Waals surface area (Å²) >= 11 is 56.2. The van der Waals surface area contributed by atoms with Gasteiger partial charge in [0.25, 0.3) is 35.4 Å². The van der Waals surface area contributed by atoms with Crippen LogP contribution in [-0.2, 0) is 38.4 Å². The van der Waals surface area contributed by atoms with Crippen molar-refractivity contribution in [3.63, 3.8) is 0 Å². The Balaban J connectivity index is 0.000000265. The highest BCUT2D eigenvalue weighted by Gasteiger charge is 2.31. The molecule has 4 unspecified atom stereocenters. The Labute approximate surface area is 782 Å². The SMILES string of the molecule is CC(=O)C(N=Nc1cc(C(=O)Nc2cccc(Cl)c2C)ccc1Cl)C(=O)Nc1cc(Cl)c(NC(=O)C(N=Nc2cc(C(=O)Nc3cccc(Cl)c3C)ccc2Cl)C(C)=O)cc1C.CC(=O)C(N=Nc1cc(C(=O)Oc2ccccc2)ccc1Cl)C(=O)Nc1cc(Cl)c(NC(=O)C(N=Nc2cc(C(=O)Oc3ccccc3)ccc2Cl)C(C)=O)cc1C.Cc1c(N)cccc1Cl. The van der Waals surface area contributed by atoms with E-state index in [1.54, 1.807) is 125 Å². The van der Waals surface area contributed by atoms with E-state index < -0.39 is 94.7 Å². The number of rotatable bonds is 28. The molecule has 0 aliphatic heterocycles. The van der Waals surface area contributed by atoms with Gasteiger partial charge in [-0.2, -0.15) is 40.9 Å². The second-order valence-electron chi connectivity index (χ2n) is 27.9. The number of anilines is 7. The molecule has 11 aromatic carbocycles. The molecule has 0 saturated heterocycles. The van der Waals surface area contributed by atoms with Crippen LogP contribution in [0.1, 0.15) is 96.9 Å². The molecule has 4 atom stereocenters. The summed E-state index contributed by atoms with van der Waals surface area (Å²) in [5.41, 5.74) is 11.4. The summed E-state index contributed by atoms with van der Waals surface area (Å²) in [4.78, 5) is 155. The Bertz CT molecular complexity index is 5990. The Morgan fingerprint density at radius 2 is 0.558 bits per heavy atom. The molecule has 38 heteroatoms. The van der Waals surface area contributed by atoms with E-state index >= 15 is 0 Å². The molecule has 11 aromatic rings. The van der Waals surface area contributed by atoms with Gasteiger partial charge in [0.1, 0.15) is 34.2 Å². The third-order valence-electron chi connectivity index (χ3n) is 18.3. The smallest absolute Gasteiger partial charge is 0.343 e. The number of nitrogens with one attached hydrogen (secondary N) is 6. The number of azo groups is 4. The minimum Gasteiger partial charge on any atom is -0.423 e. The zero-order valence-corrected chi connectivity index (χ0v) is 76.1. The molecule has 0 saturated carbocycles. The third kappa shape index (κ3) is 27.8. The number of halogens is 9. The number of hydrogen-bond donors (Lipinski definition) is 7. The summed E-state index contributed by atoms with van der Waals surface area (Å²) in [5, 5.41) is 49.4.